The number of nitriles is 1. The molecular weight excluding hydrogens is 337 g/mol. The van der Waals surface area contributed by atoms with Crippen molar-refractivity contribution < 1.29 is 4.79 Å². The Morgan fingerprint density at radius 3 is 2.70 bits per heavy atom. The van der Waals surface area contributed by atoms with Crippen LogP contribution in [-0.4, -0.2) is 10.9 Å². The first-order valence-corrected chi connectivity index (χ1v) is 7.10. The summed E-state index contributed by atoms with van der Waals surface area (Å²) < 4.78 is 0. The summed E-state index contributed by atoms with van der Waals surface area (Å²) in [6.07, 6.45) is 2.69. The number of amides is 1. The number of nitrogens with one attached hydrogen (secondary N) is 2. The number of nitrogen functional groups attached to an aromatic ring is 1. The predicted molar refractivity (Wildman–Crippen MR) is 91.1 cm³/mol. The highest BCUT2D eigenvalue weighted by Gasteiger charge is 2.11. The minimum absolute atomic E-state index is 0.144. The van der Waals surface area contributed by atoms with E-state index in [0.717, 1.165) is 0 Å². The molecule has 2 aromatic rings. The van der Waals surface area contributed by atoms with Gasteiger partial charge in [-0.1, -0.05) is 23.2 Å². The summed E-state index contributed by atoms with van der Waals surface area (Å²) in [7, 11) is 0. The maximum absolute atomic E-state index is 12.1. The molecule has 0 bridgehead atoms. The number of anilines is 3. The standard InChI is InChI=1S/C15H11Cl2N5O/c16-10-1-4-14(21-8-10)20-7-9(6-18)15(23)22-13-3-2-11(19)5-12(13)17/h1-5,7-8H,19H2,(H,20,21)(H,22,23)/b9-7-. The van der Waals surface area contributed by atoms with Crippen LogP contribution in [0.25, 0.3) is 0 Å². The van der Waals surface area contributed by atoms with Crippen molar-refractivity contribution in [1.82, 2.24) is 4.98 Å². The second-order valence-electron chi connectivity index (χ2n) is 4.37. The van der Waals surface area contributed by atoms with Gasteiger partial charge in [-0.05, 0) is 30.3 Å². The van der Waals surface area contributed by atoms with Gasteiger partial charge >= 0.3 is 0 Å². The van der Waals surface area contributed by atoms with Gasteiger partial charge in [0.15, 0.2) is 0 Å². The summed E-state index contributed by atoms with van der Waals surface area (Å²) in [4.78, 5) is 16.1. The van der Waals surface area contributed by atoms with Crippen LogP contribution >= 0.6 is 23.2 Å². The number of carbonyl (C=O) groups excluding carboxylic acids is 1. The molecule has 6 nitrogen and oxygen atoms in total. The maximum Gasteiger partial charge on any atom is 0.267 e. The third kappa shape index (κ3) is 4.61. The van der Waals surface area contributed by atoms with Crippen molar-refractivity contribution in [3.63, 3.8) is 0 Å². The molecule has 0 unspecified atom stereocenters. The van der Waals surface area contributed by atoms with E-state index in [-0.39, 0.29) is 10.6 Å². The fraction of sp³-hybridized carbons (Fsp3) is 0. The van der Waals surface area contributed by atoms with E-state index >= 15 is 0 Å². The van der Waals surface area contributed by atoms with Crippen LogP contribution in [0.2, 0.25) is 10.0 Å². The third-order valence-electron chi connectivity index (χ3n) is 2.70. The van der Waals surface area contributed by atoms with E-state index < -0.39 is 5.91 Å². The van der Waals surface area contributed by atoms with Gasteiger partial charge in [0.25, 0.3) is 5.91 Å². The molecule has 0 saturated carbocycles. The Balaban J connectivity index is 2.10. The van der Waals surface area contributed by atoms with Crippen molar-refractivity contribution in [2.45, 2.75) is 0 Å². The minimum Gasteiger partial charge on any atom is -0.399 e. The summed E-state index contributed by atoms with van der Waals surface area (Å²) in [6.45, 7) is 0. The Hall–Kier alpha value is -2.75. The highest BCUT2D eigenvalue weighted by molar-refractivity contribution is 6.34. The van der Waals surface area contributed by atoms with Crippen LogP contribution in [0.1, 0.15) is 0 Å². The smallest absolute Gasteiger partial charge is 0.267 e. The van der Waals surface area contributed by atoms with E-state index in [4.69, 9.17) is 34.2 Å². The Bertz CT molecular complexity index is 797. The molecule has 0 spiro atoms. The van der Waals surface area contributed by atoms with Crippen molar-refractivity contribution in [1.29, 1.82) is 5.26 Å². The van der Waals surface area contributed by atoms with Crippen molar-refractivity contribution in [3.05, 3.63) is 58.3 Å². The van der Waals surface area contributed by atoms with E-state index in [2.05, 4.69) is 15.6 Å². The summed E-state index contributed by atoms with van der Waals surface area (Å²) in [5.74, 6) is -0.166. The summed E-state index contributed by atoms with van der Waals surface area (Å²) in [5, 5.41) is 15.1. The SMILES string of the molecule is N#C/C(=C/Nc1ccc(Cl)cn1)C(=O)Nc1ccc(N)cc1Cl. The lowest BCUT2D eigenvalue weighted by atomic mass is 10.2. The number of halogens is 2. The van der Waals surface area contributed by atoms with Crippen molar-refractivity contribution >= 4 is 46.3 Å². The average molecular weight is 348 g/mol. The second kappa shape index (κ2) is 7.49. The molecule has 0 radical (unpaired) electrons. The molecule has 23 heavy (non-hydrogen) atoms. The van der Waals surface area contributed by atoms with Gasteiger partial charge in [0, 0.05) is 18.1 Å². The van der Waals surface area contributed by atoms with Crippen LogP contribution in [0, 0.1) is 11.3 Å². The summed E-state index contributed by atoms with van der Waals surface area (Å²) in [6, 6.07) is 9.69. The molecule has 0 saturated heterocycles. The molecule has 116 valence electrons. The molecule has 1 aromatic heterocycles. The van der Waals surface area contributed by atoms with E-state index in [0.29, 0.717) is 22.2 Å². The van der Waals surface area contributed by atoms with Crippen LogP contribution in [0.5, 0.6) is 0 Å². The molecule has 8 heteroatoms. The van der Waals surface area contributed by atoms with Crippen LogP contribution in [0.15, 0.2) is 48.3 Å². The number of hydrogen-bond donors (Lipinski definition) is 3. The van der Waals surface area contributed by atoms with Crippen LogP contribution in [0.3, 0.4) is 0 Å². The molecule has 0 aliphatic carbocycles. The van der Waals surface area contributed by atoms with Crippen LogP contribution < -0.4 is 16.4 Å². The van der Waals surface area contributed by atoms with Crippen LogP contribution in [-0.2, 0) is 4.79 Å². The summed E-state index contributed by atoms with van der Waals surface area (Å²) >= 11 is 11.7. The van der Waals surface area contributed by atoms with Gasteiger partial charge in [0.05, 0.1) is 15.7 Å². The van der Waals surface area contributed by atoms with Gasteiger partial charge in [0.1, 0.15) is 17.5 Å². The Morgan fingerprint density at radius 1 is 1.30 bits per heavy atom. The zero-order valence-corrected chi connectivity index (χ0v) is 13.2. The number of benzene rings is 1. The van der Waals surface area contributed by atoms with Crippen LogP contribution in [0.4, 0.5) is 17.2 Å². The fourth-order valence-corrected chi connectivity index (χ4v) is 1.93. The average Bonchev–Trinajstić information content (AvgIpc) is 2.52. The van der Waals surface area contributed by atoms with Crippen molar-refractivity contribution in [2.75, 3.05) is 16.4 Å². The number of aromatic nitrogens is 1. The lowest BCUT2D eigenvalue weighted by molar-refractivity contribution is -0.112. The molecule has 0 atom stereocenters. The number of carbonyl (C=O) groups is 1. The molecule has 1 heterocycles. The zero-order valence-electron chi connectivity index (χ0n) is 11.7. The number of nitrogens with two attached hydrogens (primary N) is 1. The molecule has 0 fully saturated rings. The molecule has 1 aromatic carbocycles. The molecule has 1 amide bonds. The summed E-state index contributed by atoms with van der Waals surface area (Å²) in [5.41, 5.74) is 6.27. The molecule has 0 aliphatic heterocycles. The normalized spacial score (nSPS) is 10.7. The second-order valence-corrected chi connectivity index (χ2v) is 5.21. The van der Waals surface area contributed by atoms with Gasteiger partial charge in [0.2, 0.25) is 0 Å². The lowest BCUT2D eigenvalue weighted by Crippen LogP contribution is -2.15. The van der Waals surface area contributed by atoms with E-state index in [1.165, 1.54) is 18.5 Å². The van der Waals surface area contributed by atoms with Gasteiger partial charge in [-0.15, -0.1) is 0 Å². The predicted octanol–water partition coefficient (Wildman–Crippen LogP) is 3.43. The molecule has 0 aliphatic rings. The van der Waals surface area contributed by atoms with Gasteiger partial charge in [-0.3, -0.25) is 4.79 Å². The largest absolute Gasteiger partial charge is 0.399 e. The third-order valence-corrected chi connectivity index (χ3v) is 3.23. The first kappa shape index (κ1) is 16.6. The molecular formula is C15H11Cl2N5O. The van der Waals surface area contributed by atoms with Crippen molar-refractivity contribution in [3.8, 4) is 6.07 Å². The zero-order chi connectivity index (χ0) is 16.8. The first-order valence-electron chi connectivity index (χ1n) is 6.34. The van der Waals surface area contributed by atoms with E-state index in [9.17, 15) is 4.79 Å². The Labute approximate surface area is 142 Å². The molecule has 4 N–H and O–H groups in total. The Kier molecular flexibility index (Phi) is 5.41. The highest BCUT2D eigenvalue weighted by atomic mass is 35.5. The van der Waals surface area contributed by atoms with E-state index in [1.54, 1.807) is 30.3 Å². The number of nitrogens with zero attached hydrogens (tertiary/aromatic N) is 2. The lowest BCUT2D eigenvalue weighted by Gasteiger charge is -2.07. The van der Waals surface area contributed by atoms with Crippen molar-refractivity contribution in [2.24, 2.45) is 0 Å². The Morgan fingerprint density at radius 2 is 2.09 bits per heavy atom. The number of rotatable bonds is 4. The van der Waals surface area contributed by atoms with E-state index in [1.807, 2.05) is 0 Å². The van der Waals surface area contributed by atoms with Gasteiger partial charge in [-0.2, -0.15) is 5.26 Å². The quantitative estimate of drug-likeness (QED) is 0.446. The minimum atomic E-state index is -0.611. The monoisotopic (exact) mass is 347 g/mol. The number of hydrogen-bond acceptors (Lipinski definition) is 5. The fourth-order valence-electron chi connectivity index (χ4n) is 1.58. The number of pyridine rings is 1. The van der Waals surface area contributed by atoms with Gasteiger partial charge < -0.3 is 16.4 Å². The topological polar surface area (TPSA) is 104 Å². The first-order chi connectivity index (χ1) is 11.0. The molecule has 2 rings (SSSR count). The maximum atomic E-state index is 12.1. The highest BCUT2D eigenvalue weighted by Crippen LogP contribution is 2.24. The van der Waals surface area contributed by atoms with Gasteiger partial charge in [-0.25, -0.2) is 4.98 Å².